The summed E-state index contributed by atoms with van der Waals surface area (Å²) in [5.74, 6) is 0.338. The number of hydrogen-bond acceptors (Lipinski definition) is 4. The Hall–Kier alpha value is -2.73. The molecule has 1 atom stereocenters. The van der Waals surface area contributed by atoms with Crippen molar-refractivity contribution >= 4 is 16.9 Å². The molecule has 1 fully saturated rings. The highest BCUT2D eigenvalue weighted by Crippen LogP contribution is 2.29. The number of imidazole rings is 1. The van der Waals surface area contributed by atoms with E-state index in [2.05, 4.69) is 15.3 Å². The van der Waals surface area contributed by atoms with Gasteiger partial charge in [-0.15, -0.1) is 0 Å². The van der Waals surface area contributed by atoms with Gasteiger partial charge < -0.3 is 14.6 Å². The van der Waals surface area contributed by atoms with Crippen LogP contribution < -0.4 is 5.32 Å². The molecule has 1 saturated heterocycles. The molecule has 3 heterocycles. The minimum atomic E-state index is -0.0464. The van der Waals surface area contributed by atoms with Gasteiger partial charge in [0, 0.05) is 25.6 Å². The fourth-order valence-corrected chi connectivity index (χ4v) is 3.59. The quantitative estimate of drug-likeness (QED) is 0.768. The predicted octanol–water partition coefficient (Wildman–Crippen LogP) is 2.72. The number of hydrogen-bond donors (Lipinski definition) is 1. The fourth-order valence-electron chi connectivity index (χ4n) is 3.59. The van der Waals surface area contributed by atoms with Gasteiger partial charge in [0.1, 0.15) is 6.54 Å². The maximum atomic E-state index is 12.8. The summed E-state index contributed by atoms with van der Waals surface area (Å²) in [6.07, 6.45) is 7.19. The SMILES string of the molecule is O=C(Cn1cnc2ccccc21)N[C@H](c1cccnc1)C1CCOCC1. The molecule has 134 valence electrons. The van der Waals surface area contributed by atoms with Crippen molar-refractivity contribution in [1.29, 1.82) is 0 Å². The van der Waals surface area contributed by atoms with E-state index in [0.717, 1.165) is 42.7 Å². The third-order valence-electron chi connectivity index (χ3n) is 4.94. The van der Waals surface area contributed by atoms with Crippen LogP contribution in [-0.4, -0.2) is 33.7 Å². The molecular formula is C20H22N4O2. The van der Waals surface area contributed by atoms with E-state index in [1.165, 1.54) is 0 Å². The van der Waals surface area contributed by atoms with Crippen LogP contribution in [0, 0.1) is 5.92 Å². The molecule has 3 aromatic rings. The predicted molar refractivity (Wildman–Crippen MR) is 98.4 cm³/mol. The van der Waals surface area contributed by atoms with Crippen molar-refractivity contribution in [3.63, 3.8) is 0 Å². The average Bonchev–Trinajstić information content (AvgIpc) is 3.10. The Labute approximate surface area is 152 Å². The second-order valence-electron chi connectivity index (χ2n) is 6.64. The van der Waals surface area contributed by atoms with Gasteiger partial charge in [-0.25, -0.2) is 4.98 Å². The van der Waals surface area contributed by atoms with Crippen LogP contribution in [0.1, 0.15) is 24.4 Å². The first-order valence-electron chi connectivity index (χ1n) is 8.98. The average molecular weight is 350 g/mol. The Kier molecular flexibility index (Phi) is 4.93. The summed E-state index contributed by atoms with van der Waals surface area (Å²) in [6, 6.07) is 11.7. The molecule has 0 unspecified atom stereocenters. The van der Waals surface area contributed by atoms with Gasteiger partial charge in [0.2, 0.25) is 5.91 Å². The number of fused-ring (bicyclic) bond motifs is 1. The Morgan fingerprint density at radius 1 is 1.23 bits per heavy atom. The van der Waals surface area contributed by atoms with Crippen molar-refractivity contribution in [2.75, 3.05) is 13.2 Å². The van der Waals surface area contributed by atoms with Crippen LogP contribution in [0.2, 0.25) is 0 Å². The van der Waals surface area contributed by atoms with Gasteiger partial charge in [-0.1, -0.05) is 18.2 Å². The maximum Gasteiger partial charge on any atom is 0.240 e. The van der Waals surface area contributed by atoms with E-state index in [1.807, 2.05) is 47.2 Å². The molecule has 1 N–H and O–H groups in total. The molecule has 0 spiro atoms. The van der Waals surface area contributed by atoms with E-state index in [1.54, 1.807) is 12.5 Å². The molecule has 6 nitrogen and oxygen atoms in total. The second-order valence-corrected chi connectivity index (χ2v) is 6.64. The number of aromatic nitrogens is 3. The summed E-state index contributed by atoms with van der Waals surface area (Å²) >= 11 is 0. The number of amides is 1. The van der Waals surface area contributed by atoms with Gasteiger partial charge in [-0.2, -0.15) is 0 Å². The molecular weight excluding hydrogens is 328 g/mol. The largest absolute Gasteiger partial charge is 0.381 e. The standard InChI is InChI=1S/C20H22N4O2/c25-19(13-24-14-22-17-5-1-2-6-18(17)24)23-20(15-7-10-26-11-8-15)16-4-3-9-21-12-16/h1-6,9,12,14-15,20H,7-8,10-11,13H2,(H,23,25)/t20-/m0/s1. The Balaban J connectivity index is 1.52. The molecule has 0 bridgehead atoms. The number of ether oxygens (including phenoxy) is 1. The maximum absolute atomic E-state index is 12.8. The monoisotopic (exact) mass is 350 g/mol. The Morgan fingerprint density at radius 2 is 2.08 bits per heavy atom. The summed E-state index contributed by atoms with van der Waals surface area (Å²) in [4.78, 5) is 21.4. The normalized spacial score (nSPS) is 16.5. The molecule has 1 aliphatic heterocycles. The van der Waals surface area contributed by atoms with Crippen molar-refractivity contribution in [2.45, 2.75) is 25.4 Å². The number of para-hydroxylation sites is 2. The van der Waals surface area contributed by atoms with E-state index < -0.39 is 0 Å². The minimum Gasteiger partial charge on any atom is -0.381 e. The van der Waals surface area contributed by atoms with Crippen molar-refractivity contribution in [2.24, 2.45) is 5.92 Å². The number of pyridine rings is 1. The van der Waals surface area contributed by atoms with Crippen molar-refractivity contribution in [3.05, 3.63) is 60.7 Å². The van der Waals surface area contributed by atoms with Gasteiger partial charge in [-0.3, -0.25) is 9.78 Å². The number of nitrogens with one attached hydrogen (secondary N) is 1. The van der Waals surface area contributed by atoms with E-state index in [0.29, 0.717) is 5.92 Å². The summed E-state index contributed by atoms with van der Waals surface area (Å²) in [5, 5.41) is 3.22. The highest BCUT2D eigenvalue weighted by Gasteiger charge is 2.27. The van der Waals surface area contributed by atoms with Crippen molar-refractivity contribution in [3.8, 4) is 0 Å². The lowest BCUT2D eigenvalue weighted by Gasteiger charge is -2.31. The lowest BCUT2D eigenvalue weighted by Crippen LogP contribution is -2.37. The van der Waals surface area contributed by atoms with Crippen LogP contribution in [0.15, 0.2) is 55.1 Å². The molecule has 1 aliphatic rings. The minimum absolute atomic E-state index is 0.0199. The molecule has 4 rings (SSSR count). The molecule has 0 saturated carbocycles. The van der Waals surface area contributed by atoms with Crippen LogP contribution in [0.25, 0.3) is 11.0 Å². The Morgan fingerprint density at radius 3 is 2.88 bits per heavy atom. The second kappa shape index (κ2) is 7.66. The van der Waals surface area contributed by atoms with Crippen LogP contribution in [0.4, 0.5) is 0 Å². The van der Waals surface area contributed by atoms with Gasteiger partial charge in [0.25, 0.3) is 0 Å². The number of rotatable bonds is 5. The van der Waals surface area contributed by atoms with Gasteiger partial charge in [0.15, 0.2) is 0 Å². The smallest absolute Gasteiger partial charge is 0.240 e. The lowest BCUT2D eigenvalue weighted by atomic mass is 9.87. The fraction of sp³-hybridized carbons (Fsp3) is 0.350. The molecule has 6 heteroatoms. The first kappa shape index (κ1) is 16.7. The van der Waals surface area contributed by atoms with E-state index >= 15 is 0 Å². The zero-order valence-electron chi connectivity index (χ0n) is 14.5. The first-order chi connectivity index (χ1) is 12.8. The van der Waals surface area contributed by atoms with Crippen LogP contribution in [0.3, 0.4) is 0 Å². The third kappa shape index (κ3) is 3.60. The van der Waals surface area contributed by atoms with Crippen LogP contribution in [-0.2, 0) is 16.1 Å². The molecule has 0 aliphatic carbocycles. The van der Waals surface area contributed by atoms with Crippen LogP contribution in [0.5, 0.6) is 0 Å². The highest BCUT2D eigenvalue weighted by molar-refractivity contribution is 5.80. The number of carbonyl (C=O) groups is 1. The number of carbonyl (C=O) groups excluding carboxylic acids is 1. The summed E-state index contributed by atoms with van der Waals surface area (Å²) < 4.78 is 7.37. The van der Waals surface area contributed by atoms with Gasteiger partial charge in [0.05, 0.1) is 23.4 Å². The van der Waals surface area contributed by atoms with E-state index in [4.69, 9.17) is 4.74 Å². The molecule has 26 heavy (non-hydrogen) atoms. The molecule has 2 aromatic heterocycles. The van der Waals surface area contributed by atoms with Gasteiger partial charge in [-0.05, 0) is 42.5 Å². The molecule has 0 radical (unpaired) electrons. The van der Waals surface area contributed by atoms with Crippen LogP contribution >= 0.6 is 0 Å². The lowest BCUT2D eigenvalue weighted by molar-refractivity contribution is -0.123. The topological polar surface area (TPSA) is 69.0 Å². The van der Waals surface area contributed by atoms with Crippen molar-refractivity contribution in [1.82, 2.24) is 19.9 Å². The zero-order chi connectivity index (χ0) is 17.8. The van der Waals surface area contributed by atoms with E-state index in [-0.39, 0.29) is 18.5 Å². The number of nitrogens with zero attached hydrogens (tertiary/aromatic N) is 3. The molecule has 1 amide bonds. The summed E-state index contributed by atoms with van der Waals surface area (Å²) in [7, 11) is 0. The zero-order valence-corrected chi connectivity index (χ0v) is 14.5. The first-order valence-corrected chi connectivity index (χ1v) is 8.98. The Bertz CT molecular complexity index is 872. The summed E-state index contributed by atoms with van der Waals surface area (Å²) in [5.41, 5.74) is 2.91. The molecule has 1 aromatic carbocycles. The number of benzene rings is 1. The van der Waals surface area contributed by atoms with E-state index in [9.17, 15) is 4.79 Å². The highest BCUT2D eigenvalue weighted by atomic mass is 16.5. The van der Waals surface area contributed by atoms with Crippen molar-refractivity contribution < 1.29 is 9.53 Å². The summed E-state index contributed by atoms with van der Waals surface area (Å²) in [6.45, 7) is 1.73. The third-order valence-corrected chi connectivity index (χ3v) is 4.94. The van der Waals surface area contributed by atoms with Gasteiger partial charge >= 0.3 is 0 Å².